The quantitative estimate of drug-likeness (QED) is 0.191. The Kier molecular flexibility index (Phi) is 8.08. The minimum absolute atomic E-state index is 0.0956. The highest BCUT2D eigenvalue weighted by Gasteiger charge is 2.34. The number of H-pyrrole nitrogens is 2. The number of aromatic amines is 2. The van der Waals surface area contributed by atoms with E-state index in [0.717, 1.165) is 78.2 Å². The van der Waals surface area contributed by atoms with Crippen LogP contribution in [0.5, 0.6) is 0 Å². The molecule has 0 saturated carbocycles. The summed E-state index contributed by atoms with van der Waals surface area (Å²) in [5, 5.41) is 0. The zero-order valence-electron chi connectivity index (χ0n) is 29.9. The third-order valence-electron chi connectivity index (χ3n) is 9.93. The van der Waals surface area contributed by atoms with Crippen LogP contribution in [0.1, 0.15) is 74.2 Å². The summed E-state index contributed by atoms with van der Waals surface area (Å²) >= 11 is 0. The van der Waals surface area contributed by atoms with Gasteiger partial charge in [-0.2, -0.15) is 0 Å². The molecule has 7 heterocycles. The highest BCUT2D eigenvalue weighted by Crippen LogP contribution is 2.40. The van der Waals surface area contributed by atoms with Crippen molar-refractivity contribution >= 4 is 46.4 Å². The molecular weight excluding hydrogens is 649 g/mol. The number of benzene rings is 2. The molecule has 3 aromatic heterocycles. The lowest BCUT2D eigenvalue weighted by Gasteiger charge is -2.35. The third kappa shape index (κ3) is 6.11. The second-order valence-corrected chi connectivity index (χ2v) is 15.5. The average molecular weight is 691 g/mol. The molecule has 5 aromatic rings. The van der Waals surface area contributed by atoms with E-state index in [9.17, 15) is 0 Å². The van der Waals surface area contributed by atoms with Gasteiger partial charge in [-0.05, 0) is 59.7 Å². The van der Waals surface area contributed by atoms with Crippen LogP contribution in [0, 0.1) is 10.8 Å². The van der Waals surface area contributed by atoms with Gasteiger partial charge >= 0.3 is 0 Å². The molecule has 0 spiro atoms. The van der Waals surface area contributed by atoms with E-state index >= 15 is 0 Å². The summed E-state index contributed by atoms with van der Waals surface area (Å²) in [4.78, 5) is 18.2. The zero-order valence-corrected chi connectivity index (χ0v) is 29.9. The van der Waals surface area contributed by atoms with Crippen LogP contribution in [-0.2, 0) is 18.9 Å². The summed E-state index contributed by atoms with van der Waals surface area (Å²) in [6.07, 6.45) is 7.07. The standard InChI is InChI=1S/C44H42N4O4/c1-43(2)23-49-41(50-24-43)39-33-19-17-31(46-33)37(27-11-7-5-8-12-27)29-15-16-30(45-29)38(28-13-9-6-10-14-28)32-18-20-34(47-32)40(36-22-21-35(39)48-36)42-51-25-44(3,4)26-52-42/h5-22,41-42,45,48H,23-26H2,1-4H3. The SMILES string of the molecule is CC1(C)COC(c2c3nc(c(-c4ccccc4)c4ccc([nH]4)c(-c4ccccc4)c4nc(c(C5OCC(C)(C)CO5)c5ccc2[nH]5)C=C4)C=C3)OC1. The predicted octanol–water partition coefficient (Wildman–Crippen LogP) is 10.1. The molecule has 4 aliphatic rings. The van der Waals surface area contributed by atoms with E-state index in [-0.39, 0.29) is 10.8 Å². The lowest BCUT2D eigenvalue weighted by atomic mass is 9.95. The molecule has 0 unspecified atom stereocenters. The van der Waals surface area contributed by atoms with E-state index in [1.54, 1.807) is 0 Å². The lowest BCUT2D eigenvalue weighted by molar-refractivity contribution is -0.225. The molecule has 8 bridgehead atoms. The Labute approximate surface area is 303 Å². The topological polar surface area (TPSA) is 94.3 Å². The Morgan fingerprint density at radius 2 is 0.808 bits per heavy atom. The van der Waals surface area contributed by atoms with Gasteiger partial charge < -0.3 is 28.9 Å². The molecule has 9 rings (SSSR count). The van der Waals surface area contributed by atoms with Crippen LogP contribution in [0.15, 0.2) is 84.9 Å². The third-order valence-corrected chi connectivity index (χ3v) is 9.93. The van der Waals surface area contributed by atoms with Crippen molar-refractivity contribution in [2.24, 2.45) is 10.8 Å². The Morgan fingerprint density at radius 3 is 1.21 bits per heavy atom. The summed E-state index contributed by atoms with van der Waals surface area (Å²) in [6, 6.07) is 29.2. The van der Waals surface area contributed by atoms with Crippen molar-refractivity contribution in [3.8, 4) is 22.3 Å². The molecule has 262 valence electrons. The Hall–Kier alpha value is -5.12. The molecule has 2 aromatic carbocycles. The van der Waals surface area contributed by atoms with Crippen molar-refractivity contribution in [2.45, 2.75) is 40.3 Å². The normalized spacial score (nSPS) is 18.5. The second-order valence-electron chi connectivity index (χ2n) is 15.5. The fourth-order valence-corrected chi connectivity index (χ4v) is 7.28. The number of aromatic nitrogens is 4. The first-order chi connectivity index (χ1) is 25.2. The molecule has 2 fully saturated rings. The highest BCUT2D eigenvalue weighted by molar-refractivity contribution is 5.95. The molecule has 0 amide bonds. The van der Waals surface area contributed by atoms with E-state index in [4.69, 9.17) is 28.9 Å². The van der Waals surface area contributed by atoms with Gasteiger partial charge in [0.05, 0.1) is 60.3 Å². The van der Waals surface area contributed by atoms with Gasteiger partial charge in [0, 0.05) is 44.0 Å². The summed E-state index contributed by atoms with van der Waals surface area (Å²) in [5.41, 5.74) is 12.4. The van der Waals surface area contributed by atoms with Gasteiger partial charge in [-0.25, -0.2) is 9.97 Å². The second kappa shape index (κ2) is 12.8. The molecule has 2 N–H and O–H groups in total. The van der Waals surface area contributed by atoms with E-state index in [1.807, 2.05) is 12.1 Å². The van der Waals surface area contributed by atoms with Gasteiger partial charge in [0.2, 0.25) is 0 Å². The number of nitrogens with zero attached hydrogens (tertiary/aromatic N) is 2. The van der Waals surface area contributed by atoms with Gasteiger partial charge in [-0.15, -0.1) is 0 Å². The molecule has 4 aliphatic heterocycles. The molecule has 0 aliphatic carbocycles. The number of ether oxygens (including phenoxy) is 4. The van der Waals surface area contributed by atoms with Crippen LogP contribution in [0.3, 0.4) is 0 Å². The molecule has 52 heavy (non-hydrogen) atoms. The van der Waals surface area contributed by atoms with Crippen molar-refractivity contribution in [1.29, 1.82) is 0 Å². The maximum atomic E-state index is 6.45. The minimum Gasteiger partial charge on any atom is -0.355 e. The first-order valence-corrected chi connectivity index (χ1v) is 17.9. The van der Waals surface area contributed by atoms with Crippen LogP contribution in [-0.4, -0.2) is 46.4 Å². The molecule has 8 heteroatoms. The van der Waals surface area contributed by atoms with Gasteiger partial charge in [0.1, 0.15) is 0 Å². The van der Waals surface area contributed by atoms with Crippen LogP contribution >= 0.6 is 0 Å². The average Bonchev–Trinajstić information content (AvgIpc) is 3.98. The number of hydrogen-bond donors (Lipinski definition) is 2. The Balaban J connectivity index is 1.39. The molecule has 8 nitrogen and oxygen atoms in total. The van der Waals surface area contributed by atoms with Crippen LogP contribution in [0.2, 0.25) is 0 Å². The van der Waals surface area contributed by atoms with Crippen molar-refractivity contribution in [3.05, 3.63) is 119 Å². The monoisotopic (exact) mass is 690 g/mol. The first kappa shape index (κ1) is 32.8. The zero-order chi connectivity index (χ0) is 35.5. The van der Waals surface area contributed by atoms with E-state index < -0.39 is 12.6 Å². The van der Waals surface area contributed by atoms with Gasteiger partial charge in [-0.3, -0.25) is 0 Å². The number of fused-ring (bicyclic) bond motifs is 8. The molecular formula is C44H42N4O4. The van der Waals surface area contributed by atoms with Crippen LogP contribution in [0.4, 0.5) is 0 Å². The fourth-order valence-electron chi connectivity index (χ4n) is 7.28. The summed E-state index contributed by atoms with van der Waals surface area (Å²) in [6.45, 7) is 10.9. The van der Waals surface area contributed by atoms with Gasteiger partial charge in [-0.1, -0.05) is 88.4 Å². The predicted molar refractivity (Wildman–Crippen MR) is 207 cm³/mol. The van der Waals surface area contributed by atoms with E-state index in [0.29, 0.717) is 26.4 Å². The highest BCUT2D eigenvalue weighted by atomic mass is 16.7. The van der Waals surface area contributed by atoms with Gasteiger partial charge in [0.15, 0.2) is 12.6 Å². The molecule has 0 atom stereocenters. The summed E-state index contributed by atoms with van der Waals surface area (Å²) in [5.74, 6) is 0. The van der Waals surface area contributed by atoms with Crippen LogP contribution in [0.25, 0.3) is 68.6 Å². The largest absolute Gasteiger partial charge is 0.355 e. The van der Waals surface area contributed by atoms with Gasteiger partial charge in [0.25, 0.3) is 0 Å². The minimum atomic E-state index is -0.614. The van der Waals surface area contributed by atoms with Crippen molar-refractivity contribution in [3.63, 3.8) is 0 Å². The maximum absolute atomic E-state index is 6.45. The fraction of sp³-hybridized carbons (Fsp3) is 0.273. The van der Waals surface area contributed by atoms with E-state index in [1.165, 1.54) is 0 Å². The number of rotatable bonds is 4. The van der Waals surface area contributed by atoms with E-state index in [2.05, 4.69) is 135 Å². The first-order valence-electron chi connectivity index (χ1n) is 17.9. The number of hydrogen-bond acceptors (Lipinski definition) is 6. The molecule has 2 saturated heterocycles. The maximum Gasteiger partial charge on any atom is 0.187 e. The van der Waals surface area contributed by atoms with Crippen molar-refractivity contribution in [1.82, 2.24) is 19.9 Å². The summed E-state index contributed by atoms with van der Waals surface area (Å²) in [7, 11) is 0. The molecule has 0 radical (unpaired) electrons. The summed E-state index contributed by atoms with van der Waals surface area (Å²) < 4.78 is 25.8. The Bertz CT molecular complexity index is 2200. The van der Waals surface area contributed by atoms with Crippen molar-refractivity contribution < 1.29 is 18.9 Å². The Morgan fingerprint density at radius 1 is 0.462 bits per heavy atom. The smallest absolute Gasteiger partial charge is 0.187 e. The lowest BCUT2D eigenvalue weighted by Crippen LogP contribution is -2.34. The van der Waals surface area contributed by atoms with Crippen LogP contribution < -0.4 is 0 Å². The number of nitrogens with one attached hydrogen (secondary N) is 2. The van der Waals surface area contributed by atoms with Crippen molar-refractivity contribution in [2.75, 3.05) is 26.4 Å².